The van der Waals surface area contributed by atoms with Gasteiger partial charge in [0, 0.05) is 11.8 Å². The third-order valence-corrected chi connectivity index (χ3v) is 2.06. The second kappa shape index (κ2) is 4.04. The Hall–Kier alpha value is -1.97. The Labute approximate surface area is 87.6 Å². The summed E-state index contributed by atoms with van der Waals surface area (Å²) >= 11 is 0. The van der Waals surface area contributed by atoms with Gasteiger partial charge in [-0.1, -0.05) is 5.16 Å². The first-order chi connectivity index (χ1) is 7.25. The van der Waals surface area contributed by atoms with E-state index in [2.05, 4.69) is 5.16 Å². The minimum Gasteiger partial charge on any atom is -0.485 e. The molecule has 0 fully saturated rings. The van der Waals surface area contributed by atoms with Crippen molar-refractivity contribution in [3.05, 3.63) is 41.8 Å². The molecule has 0 aliphatic rings. The van der Waals surface area contributed by atoms with Gasteiger partial charge in [-0.15, -0.1) is 0 Å². The van der Waals surface area contributed by atoms with Crippen molar-refractivity contribution in [2.45, 2.75) is 13.5 Å². The fraction of sp³-hybridized carbons (Fsp3) is 0.182. The van der Waals surface area contributed by atoms with Gasteiger partial charge >= 0.3 is 0 Å². The van der Waals surface area contributed by atoms with E-state index in [0.29, 0.717) is 12.4 Å². The van der Waals surface area contributed by atoms with Gasteiger partial charge in [0.05, 0.1) is 6.20 Å². The van der Waals surface area contributed by atoms with Gasteiger partial charge in [0.2, 0.25) is 0 Å². The molecule has 1 heterocycles. The number of aromatic nitrogens is 1. The molecule has 2 N–H and O–H groups in total. The van der Waals surface area contributed by atoms with Crippen molar-refractivity contribution in [1.29, 1.82) is 0 Å². The normalized spacial score (nSPS) is 10.2. The summed E-state index contributed by atoms with van der Waals surface area (Å²) in [6.07, 6.45) is 1.59. The molecule has 2 rings (SSSR count). The van der Waals surface area contributed by atoms with Gasteiger partial charge in [0.15, 0.2) is 5.76 Å². The highest BCUT2D eigenvalue weighted by molar-refractivity contribution is 5.47. The molecule has 0 aliphatic heterocycles. The van der Waals surface area contributed by atoms with Crippen molar-refractivity contribution in [1.82, 2.24) is 5.16 Å². The van der Waals surface area contributed by atoms with Crippen LogP contribution in [0.4, 0.5) is 5.69 Å². The van der Waals surface area contributed by atoms with Crippen LogP contribution in [0.1, 0.15) is 11.3 Å². The van der Waals surface area contributed by atoms with Crippen molar-refractivity contribution in [2.24, 2.45) is 0 Å². The van der Waals surface area contributed by atoms with Gasteiger partial charge in [-0.25, -0.2) is 0 Å². The van der Waals surface area contributed by atoms with Crippen molar-refractivity contribution in [3.8, 4) is 5.75 Å². The van der Waals surface area contributed by atoms with Crippen LogP contribution in [0, 0.1) is 6.92 Å². The minimum absolute atomic E-state index is 0.380. The van der Waals surface area contributed by atoms with Crippen LogP contribution in [0.25, 0.3) is 0 Å². The van der Waals surface area contributed by atoms with Gasteiger partial charge in [-0.05, 0) is 30.7 Å². The molecule has 1 aromatic heterocycles. The maximum Gasteiger partial charge on any atom is 0.174 e. The Balaban J connectivity index is 2.05. The first kappa shape index (κ1) is 9.58. The van der Waals surface area contributed by atoms with Crippen molar-refractivity contribution >= 4 is 5.69 Å². The average molecular weight is 204 g/mol. The van der Waals surface area contributed by atoms with Crippen LogP contribution in [-0.2, 0) is 6.61 Å². The number of hydrogen-bond donors (Lipinski definition) is 1. The summed E-state index contributed by atoms with van der Waals surface area (Å²) < 4.78 is 10.5. The molecule has 15 heavy (non-hydrogen) atoms. The molecule has 2 aromatic rings. The lowest BCUT2D eigenvalue weighted by Gasteiger charge is -2.07. The quantitative estimate of drug-likeness (QED) is 0.778. The van der Waals surface area contributed by atoms with Crippen molar-refractivity contribution in [3.63, 3.8) is 0 Å². The second-order valence-corrected chi connectivity index (χ2v) is 3.29. The zero-order valence-electron chi connectivity index (χ0n) is 8.43. The third-order valence-electron chi connectivity index (χ3n) is 2.06. The van der Waals surface area contributed by atoms with Gasteiger partial charge in [-0.3, -0.25) is 0 Å². The molecular weight excluding hydrogens is 192 g/mol. The summed E-state index contributed by atoms with van der Waals surface area (Å²) in [5.74, 6) is 1.51. The predicted octanol–water partition coefficient (Wildman–Crippen LogP) is 2.14. The highest BCUT2D eigenvalue weighted by Crippen LogP contribution is 2.21. The zero-order chi connectivity index (χ0) is 10.7. The van der Waals surface area contributed by atoms with Gasteiger partial charge in [0.25, 0.3) is 0 Å². The number of rotatable bonds is 3. The molecule has 78 valence electrons. The Morgan fingerprint density at radius 1 is 1.40 bits per heavy atom. The Morgan fingerprint density at radius 2 is 2.27 bits per heavy atom. The van der Waals surface area contributed by atoms with E-state index >= 15 is 0 Å². The Morgan fingerprint density at radius 3 is 2.93 bits per heavy atom. The van der Waals surface area contributed by atoms with E-state index in [1.165, 1.54) is 0 Å². The maximum absolute atomic E-state index is 5.63. The maximum atomic E-state index is 5.63. The fourth-order valence-corrected chi connectivity index (χ4v) is 1.30. The molecule has 1 aromatic carbocycles. The largest absolute Gasteiger partial charge is 0.485 e. The number of hydrogen-bond acceptors (Lipinski definition) is 4. The van der Waals surface area contributed by atoms with Crippen LogP contribution in [0.2, 0.25) is 0 Å². The first-order valence-corrected chi connectivity index (χ1v) is 4.64. The molecule has 4 nitrogen and oxygen atoms in total. The molecule has 0 unspecified atom stereocenters. The smallest absolute Gasteiger partial charge is 0.174 e. The minimum atomic E-state index is 0.380. The van der Waals surface area contributed by atoms with E-state index in [0.717, 1.165) is 17.0 Å². The monoisotopic (exact) mass is 204 g/mol. The number of nitrogen functional groups attached to an aromatic ring is 1. The molecule has 0 amide bonds. The molecule has 0 saturated heterocycles. The highest BCUT2D eigenvalue weighted by Gasteiger charge is 2.02. The molecule has 0 saturated carbocycles. The molecule has 0 radical (unpaired) electrons. The van der Waals surface area contributed by atoms with E-state index in [1.807, 2.05) is 25.1 Å². The number of nitrogens with two attached hydrogens (primary N) is 1. The number of ether oxygens (including phenoxy) is 1. The van der Waals surface area contributed by atoms with Gasteiger partial charge < -0.3 is 15.0 Å². The molecule has 4 heteroatoms. The second-order valence-electron chi connectivity index (χ2n) is 3.29. The molecule has 0 atom stereocenters. The molecule has 0 aliphatic carbocycles. The first-order valence-electron chi connectivity index (χ1n) is 4.64. The van der Waals surface area contributed by atoms with Gasteiger partial charge in [-0.2, -0.15) is 0 Å². The lowest BCUT2D eigenvalue weighted by Crippen LogP contribution is -1.96. The van der Waals surface area contributed by atoms with Crippen LogP contribution in [0.3, 0.4) is 0 Å². The molecule has 0 bridgehead atoms. The van der Waals surface area contributed by atoms with Crippen molar-refractivity contribution < 1.29 is 9.26 Å². The SMILES string of the molecule is Cc1cc(N)ccc1OCc1ccno1. The van der Waals surface area contributed by atoms with E-state index in [1.54, 1.807) is 12.3 Å². The van der Waals surface area contributed by atoms with Crippen LogP contribution in [0.15, 0.2) is 35.0 Å². The number of nitrogens with zero attached hydrogens (tertiary/aromatic N) is 1. The van der Waals surface area contributed by atoms with E-state index in [9.17, 15) is 0 Å². The Kier molecular flexibility index (Phi) is 2.58. The average Bonchev–Trinajstić information content (AvgIpc) is 2.69. The molecule has 0 spiro atoms. The number of benzene rings is 1. The summed E-state index contributed by atoms with van der Waals surface area (Å²) in [7, 11) is 0. The highest BCUT2D eigenvalue weighted by atomic mass is 16.5. The topological polar surface area (TPSA) is 61.3 Å². The summed E-state index contributed by atoms with van der Waals surface area (Å²) in [5.41, 5.74) is 7.38. The zero-order valence-corrected chi connectivity index (χ0v) is 8.43. The number of anilines is 1. The number of aryl methyl sites for hydroxylation is 1. The summed E-state index contributed by atoms with van der Waals surface area (Å²) in [4.78, 5) is 0. The van der Waals surface area contributed by atoms with Crippen LogP contribution < -0.4 is 10.5 Å². The summed E-state index contributed by atoms with van der Waals surface area (Å²) in [6, 6.07) is 7.30. The van der Waals surface area contributed by atoms with Crippen LogP contribution in [-0.4, -0.2) is 5.16 Å². The van der Waals surface area contributed by atoms with Gasteiger partial charge in [0.1, 0.15) is 12.4 Å². The standard InChI is InChI=1S/C11H12N2O2/c1-8-6-9(12)2-3-11(8)14-7-10-4-5-13-15-10/h2-6H,7,12H2,1H3. The van der Waals surface area contributed by atoms with Crippen molar-refractivity contribution in [2.75, 3.05) is 5.73 Å². The summed E-state index contributed by atoms with van der Waals surface area (Å²) in [6.45, 7) is 2.33. The molecular formula is C11H12N2O2. The Bertz CT molecular complexity index is 438. The lowest BCUT2D eigenvalue weighted by molar-refractivity contribution is 0.248. The van der Waals surface area contributed by atoms with Crippen LogP contribution >= 0.6 is 0 Å². The fourth-order valence-electron chi connectivity index (χ4n) is 1.30. The summed E-state index contributed by atoms with van der Waals surface area (Å²) in [5, 5.41) is 3.60. The van der Waals surface area contributed by atoms with Crippen LogP contribution in [0.5, 0.6) is 5.75 Å². The van der Waals surface area contributed by atoms with E-state index in [-0.39, 0.29) is 0 Å². The third kappa shape index (κ3) is 2.28. The lowest BCUT2D eigenvalue weighted by atomic mass is 10.2. The predicted molar refractivity (Wildman–Crippen MR) is 56.4 cm³/mol. The van der Waals surface area contributed by atoms with E-state index in [4.69, 9.17) is 15.0 Å². The van der Waals surface area contributed by atoms with E-state index < -0.39 is 0 Å².